The average molecular weight is 566 g/mol. The van der Waals surface area contributed by atoms with Gasteiger partial charge in [-0.25, -0.2) is 4.79 Å². The molecule has 1 aliphatic heterocycles. The number of hydrogen-bond donors (Lipinski definition) is 3. The van der Waals surface area contributed by atoms with Crippen molar-refractivity contribution >= 4 is 41.7 Å². The van der Waals surface area contributed by atoms with Crippen molar-refractivity contribution in [2.45, 2.75) is 45.2 Å². The molecule has 0 spiro atoms. The van der Waals surface area contributed by atoms with Crippen LogP contribution >= 0.6 is 24.8 Å². The van der Waals surface area contributed by atoms with E-state index in [9.17, 15) is 19.8 Å². The Bertz CT molecular complexity index is 1380. The summed E-state index contributed by atoms with van der Waals surface area (Å²) in [6, 6.07) is 8.83. The second kappa shape index (κ2) is 11.7. The van der Waals surface area contributed by atoms with Crippen LogP contribution in [0.1, 0.15) is 47.8 Å². The van der Waals surface area contributed by atoms with E-state index in [2.05, 4.69) is 46.6 Å². The summed E-state index contributed by atoms with van der Waals surface area (Å²) in [4.78, 5) is 31.6. The lowest BCUT2D eigenvalue weighted by atomic mass is 9.77. The van der Waals surface area contributed by atoms with Crippen molar-refractivity contribution in [1.29, 1.82) is 0 Å². The quantitative estimate of drug-likeness (QED) is 0.407. The van der Waals surface area contributed by atoms with Crippen molar-refractivity contribution in [3.05, 3.63) is 51.4 Å². The van der Waals surface area contributed by atoms with E-state index < -0.39 is 22.8 Å². The number of aromatic nitrogens is 2. The molecule has 0 amide bonds. The first kappa shape index (κ1) is 30.0. The number of likely N-dealkylation sites (tertiary alicyclic amines) is 1. The van der Waals surface area contributed by atoms with Crippen LogP contribution in [0.4, 0.5) is 0 Å². The standard InChI is InChI=1S/C28H36N4O4.2ClH/c1-5-20-25(29-27(34)24(26(20)33)28(35)36)16-9-10-22-18(11-16)12-19(31(22)4)14-32-13-17-7-6-8-23(30(2)3)21(17)15-32;;/h9-12,17,21,23H,5-8,13-15H2,1-4H3,(H,35,36)(H2,29,33,34);2*1H/t17-,21+,23-;;/m1../s1. The Balaban J connectivity index is 0.00000200. The summed E-state index contributed by atoms with van der Waals surface area (Å²) in [5.74, 6) is -0.375. The maximum atomic E-state index is 12.4. The molecule has 2 fully saturated rings. The number of pyridine rings is 1. The SMILES string of the molecule is CCc1c(-c2ccc3c(c2)cc(CN2C[C@H]4CCC[C@@H](N(C)C)[C@H]4C2)n3C)[nH]c(=O)c(C(=O)O)c1O.Cl.Cl. The van der Waals surface area contributed by atoms with Crippen LogP contribution in [0.2, 0.25) is 0 Å². The first-order chi connectivity index (χ1) is 17.2. The highest BCUT2D eigenvalue weighted by Crippen LogP contribution is 2.39. The molecule has 0 radical (unpaired) electrons. The minimum atomic E-state index is -1.43. The van der Waals surface area contributed by atoms with Crippen molar-refractivity contribution < 1.29 is 15.0 Å². The number of aromatic hydroxyl groups is 1. The highest BCUT2D eigenvalue weighted by molar-refractivity contribution is 5.92. The fourth-order valence-electron chi connectivity index (χ4n) is 6.66. The van der Waals surface area contributed by atoms with Crippen LogP contribution in [0.3, 0.4) is 0 Å². The molecular formula is C28H38Cl2N4O4. The predicted molar refractivity (Wildman–Crippen MR) is 155 cm³/mol. The first-order valence-corrected chi connectivity index (χ1v) is 12.9. The Morgan fingerprint density at radius 2 is 1.89 bits per heavy atom. The van der Waals surface area contributed by atoms with Gasteiger partial charge in [-0.1, -0.05) is 19.4 Å². The molecule has 208 valence electrons. The van der Waals surface area contributed by atoms with Gasteiger partial charge in [-0.05, 0) is 69.0 Å². The van der Waals surface area contributed by atoms with E-state index in [1.54, 1.807) is 0 Å². The number of nitrogens with zero attached hydrogens (tertiary/aromatic N) is 3. The van der Waals surface area contributed by atoms with E-state index >= 15 is 0 Å². The van der Waals surface area contributed by atoms with E-state index in [0.717, 1.165) is 47.9 Å². The number of aromatic carboxylic acids is 1. The molecule has 0 unspecified atom stereocenters. The maximum Gasteiger partial charge on any atom is 0.345 e. The molecule has 38 heavy (non-hydrogen) atoms. The Labute approximate surface area is 235 Å². The molecule has 3 heterocycles. The first-order valence-electron chi connectivity index (χ1n) is 12.9. The van der Waals surface area contributed by atoms with Gasteiger partial charge in [0.25, 0.3) is 5.56 Å². The van der Waals surface area contributed by atoms with Crippen molar-refractivity contribution in [2.75, 3.05) is 27.2 Å². The normalized spacial score (nSPS) is 21.2. The van der Waals surface area contributed by atoms with Gasteiger partial charge in [0.05, 0.1) is 5.69 Å². The van der Waals surface area contributed by atoms with Gasteiger partial charge in [-0.2, -0.15) is 0 Å². The number of carboxylic acid groups (broad SMARTS) is 1. The molecule has 3 atom stereocenters. The lowest BCUT2D eigenvalue weighted by Gasteiger charge is -2.37. The predicted octanol–water partition coefficient (Wildman–Crippen LogP) is 4.51. The molecular weight excluding hydrogens is 527 g/mol. The Morgan fingerprint density at radius 3 is 2.55 bits per heavy atom. The molecule has 0 bridgehead atoms. The lowest BCUT2D eigenvalue weighted by Crippen LogP contribution is -2.41. The highest BCUT2D eigenvalue weighted by atomic mass is 35.5. The minimum absolute atomic E-state index is 0. The Hall–Kier alpha value is -2.52. The van der Waals surface area contributed by atoms with Crippen LogP contribution in [0.15, 0.2) is 29.1 Å². The second-order valence-electron chi connectivity index (χ2n) is 10.7. The molecule has 1 saturated carbocycles. The molecule has 2 aliphatic rings. The summed E-state index contributed by atoms with van der Waals surface area (Å²) in [5.41, 5.74) is 2.59. The number of carbonyl (C=O) groups is 1. The third-order valence-electron chi connectivity index (χ3n) is 8.47. The molecule has 8 nitrogen and oxygen atoms in total. The summed E-state index contributed by atoms with van der Waals surface area (Å²) in [6.07, 6.45) is 4.33. The second-order valence-corrected chi connectivity index (χ2v) is 10.7. The molecule has 3 N–H and O–H groups in total. The zero-order valence-corrected chi connectivity index (χ0v) is 24.0. The monoisotopic (exact) mass is 564 g/mol. The minimum Gasteiger partial charge on any atom is -0.506 e. The number of rotatable bonds is 6. The third-order valence-corrected chi connectivity index (χ3v) is 8.47. The Kier molecular flexibility index (Phi) is 9.24. The Morgan fingerprint density at radius 1 is 1.16 bits per heavy atom. The van der Waals surface area contributed by atoms with E-state index in [0.29, 0.717) is 23.7 Å². The van der Waals surface area contributed by atoms with Gasteiger partial charge in [0.15, 0.2) is 5.56 Å². The summed E-state index contributed by atoms with van der Waals surface area (Å²) in [5, 5.41) is 20.9. The van der Waals surface area contributed by atoms with Crippen LogP contribution in [0.5, 0.6) is 5.75 Å². The van der Waals surface area contributed by atoms with Crippen molar-refractivity contribution in [1.82, 2.24) is 19.4 Å². The summed E-state index contributed by atoms with van der Waals surface area (Å²) in [7, 11) is 6.52. The molecule has 3 aromatic rings. The zero-order chi connectivity index (χ0) is 25.7. The number of halogens is 2. The number of hydrogen-bond acceptors (Lipinski definition) is 5. The van der Waals surface area contributed by atoms with E-state index in [-0.39, 0.29) is 24.8 Å². The number of nitrogens with one attached hydrogen (secondary N) is 1. The fraction of sp³-hybridized carbons (Fsp3) is 0.500. The topological polar surface area (TPSA) is 102 Å². The largest absolute Gasteiger partial charge is 0.506 e. The molecule has 10 heteroatoms. The number of H-pyrrole nitrogens is 1. The molecule has 1 aliphatic carbocycles. The summed E-state index contributed by atoms with van der Waals surface area (Å²) in [6.45, 7) is 5.02. The lowest BCUT2D eigenvalue weighted by molar-refractivity contribution is 0.0691. The number of aromatic amines is 1. The maximum absolute atomic E-state index is 12.4. The van der Waals surface area contributed by atoms with Crippen LogP contribution in [0.25, 0.3) is 22.2 Å². The number of aryl methyl sites for hydroxylation is 1. The zero-order valence-electron chi connectivity index (χ0n) is 22.4. The summed E-state index contributed by atoms with van der Waals surface area (Å²) < 4.78 is 2.24. The van der Waals surface area contributed by atoms with Gasteiger partial charge in [-0.3, -0.25) is 9.69 Å². The van der Waals surface area contributed by atoms with Gasteiger partial charge in [-0.15, -0.1) is 24.8 Å². The average Bonchev–Trinajstić information content (AvgIpc) is 3.38. The van der Waals surface area contributed by atoms with Crippen LogP contribution in [0, 0.1) is 11.8 Å². The number of fused-ring (bicyclic) bond motifs is 2. The van der Waals surface area contributed by atoms with Gasteiger partial charge in [0, 0.05) is 54.9 Å². The van der Waals surface area contributed by atoms with Gasteiger partial charge in [0.1, 0.15) is 5.75 Å². The van der Waals surface area contributed by atoms with Crippen LogP contribution in [-0.4, -0.2) is 68.8 Å². The van der Waals surface area contributed by atoms with Gasteiger partial charge in [0.2, 0.25) is 0 Å². The molecule has 5 rings (SSSR count). The van der Waals surface area contributed by atoms with Crippen molar-refractivity contribution in [3.8, 4) is 17.0 Å². The van der Waals surface area contributed by atoms with Crippen LogP contribution in [-0.2, 0) is 20.0 Å². The number of carboxylic acids is 1. The van der Waals surface area contributed by atoms with E-state index in [1.807, 2.05) is 25.1 Å². The van der Waals surface area contributed by atoms with E-state index in [1.165, 1.54) is 25.0 Å². The van der Waals surface area contributed by atoms with E-state index in [4.69, 9.17) is 0 Å². The van der Waals surface area contributed by atoms with Crippen molar-refractivity contribution in [2.24, 2.45) is 18.9 Å². The van der Waals surface area contributed by atoms with Gasteiger partial charge < -0.3 is 24.7 Å². The smallest absolute Gasteiger partial charge is 0.345 e. The van der Waals surface area contributed by atoms with Crippen LogP contribution < -0.4 is 5.56 Å². The highest BCUT2D eigenvalue weighted by Gasteiger charge is 2.41. The molecule has 1 aromatic carbocycles. The fourth-order valence-corrected chi connectivity index (χ4v) is 6.66. The van der Waals surface area contributed by atoms with Crippen molar-refractivity contribution in [3.63, 3.8) is 0 Å². The molecule has 2 aromatic heterocycles. The van der Waals surface area contributed by atoms with Gasteiger partial charge >= 0.3 is 5.97 Å². The third kappa shape index (κ3) is 5.19. The number of benzene rings is 1. The molecule has 1 saturated heterocycles. The summed E-state index contributed by atoms with van der Waals surface area (Å²) >= 11 is 0.